The predicted octanol–water partition coefficient (Wildman–Crippen LogP) is 2.83. The topological polar surface area (TPSA) is 38.1 Å². The summed E-state index contributed by atoms with van der Waals surface area (Å²) in [7, 11) is 0. The first-order chi connectivity index (χ1) is 10.7. The number of imidazole rings is 1. The summed E-state index contributed by atoms with van der Waals surface area (Å²) >= 11 is 0. The minimum Gasteiger partial charge on any atom is -0.330 e. The molecule has 1 aromatic heterocycles. The number of benzene rings is 1. The van der Waals surface area contributed by atoms with Gasteiger partial charge in [0.15, 0.2) is 0 Å². The summed E-state index contributed by atoms with van der Waals surface area (Å²) in [6, 6.07) is 6.38. The Bertz CT molecular complexity index is 701. The average Bonchev–Trinajstić information content (AvgIpc) is 3.17. The zero-order chi connectivity index (χ0) is 15.2. The Morgan fingerprint density at radius 1 is 1.18 bits per heavy atom. The first-order valence-electron chi connectivity index (χ1n) is 7.75. The van der Waals surface area contributed by atoms with Crippen LogP contribution >= 0.6 is 0 Å². The Morgan fingerprint density at radius 2 is 1.91 bits per heavy atom. The van der Waals surface area contributed by atoms with Crippen LogP contribution in [0.4, 0.5) is 4.39 Å². The van der Waals surface area contributed by atoms with Crippen LogP contribution in [0, 0.1) is 5.82 Å². The van der Waals surface area contributed by atoms with Gasteiger partial charge in [-0.15, -0.1) is 0 Å². The Morgan fingerprint density at radius 3 is 2.64 bits per heavy atom. The number of nitrogens with zero attached hydrogens (tertiary/aromatic N) is 3. The molecule has 1 spiro atoms. The smallest absolute Gasteiger partial charge is 0.249 e. The fraction of sp³-hybridized carbons (Fsp3) is 0.412. The second-order valence-corrected chi connectivity index (χ2v) is 6.28. The van der Waals surface area contributed by atoms with Crippen molar-refractivity contribution >= 4 is 5.91 Å². The van der Waals surface area contributed by atoms with Gasteiger partial charge < -0.3 is 9.47 Å². The molecular weight excluding hydrogens is 281 g/mol. The molecule has 1 saturated carbocycles. The second-order valence-electron chi connectivity index (χ2n) is 6.28. The van der Waals surface area contributed by atoms with Gasteiger partial charge in [-0.05, 0) is 30.5 Å². The third kappa shape index (κ3) is 1.95. The minimum absolute atomic E-state index is 0.180. The molecule has 1 aliphatic heterocycles. The highest BCUT2D eigenvalue weighted by molar-refractivity contribution is 5.86. The van der Waals surface area contributed by atoms with Crippen LogP contribution in [0.2, 0.25) is 0 Å². The third-order valence-corrected chi connectivity index (χ3v) is 4.93. The molecule has 5 heteroatoms. The van der Waals surface area contributed by atoms with Crippen molar-refractivity contribution in [2.45, 2.75) is 44.3 Å². The van der Waals surface area contributed by atoms with E-state index in [4.69, 9.17) is 0 Å². The van der Waals surface area contributed by atoms with Crippen LogP contribution in [0.3, 0.4) is 0 Å². The molecule has 2 aliphatic rings. The molecule has 0 unspecified atom stereocenters. The van der Waals surface area contributed by atoms with Crippen molar-refractivity contribution in [2.75, 3.05) is 0 Å². The molecule has 0 N–H and O–H groups in total. The van der Waals surface area contributed by atoms with Gasteiger partial charge in [0.25, 0.3) is 0 Å². The number of carbonyl (C=O) groups is 1. The summed E-state index contributed by atoms with van der Waals surface area (Å²) in [6.45, 7) is 1.09. The molecule has 0 saturated heterocycles. The number of carbonyl (C=O) groups excluding carboxylic acids is 1. The summed E-state index contributed by atoms with van der Waals surface area (Å²) in [5.74, 6) is -0.0705. The highest BCUT2D eigenvalue weighted by atomic mass is 19.1. The van der Waals surface area contributed by atoms with Gasteiger partial charge in [0.1, 0.15) is 11.4 Å². The molecule has 4 rings (SSSR count). The Labute approximate surface area is 128 Å². The van der Waals surface area contributed by atoms with Crippen molar-refractivity contribution in [1.29, 1.82) is 0 Å². The number of rotatable bonds is 2. The molecule has 1 fully saturated rings. The van der Waals surface area contributed by atoms with Crippen molar-refractivity contribution < 1.29 is 9.18 Å². The van der Waals surface area contributed by atoms with Crippen LogP contribution in [0.25, 0.3) is 0 Å². The molecule has 0 atom stereocenters. The van der Waals surface area contributed by atoms with Crippen molar-refractivity contribution in [1.82, 2.24) is 14.5 Å². The SMILES string of the molecule is O=C1N(Cc2ccc(F)cc2)Cc2cncn2C12CCCC2. The number of fused-ring (bicyclic) bond motifs is 2. The van der Waals surface area contributed by atoms with Crippen molar-refractivity contribution in [3.63, 3.8) is 0 Å². The van der Waals surface area contributed by atoms with Crippen LogP contribution in [0.1, 0.15) is 36.9 Å². The van der Waals surface area contributed by atoms with Gasteiger partial charge in [-0.1, -0.05) is 25.0 Å². The number of hydrogen-bond acceptors (Lipinski definition) is 2. The lowest BCUT2D eigenvalue weighted by Gasteiger charge is -2.41. The van der Waals surface area contributed by atoms with E-state index in [0.29, 0.717) is 13.1 Å². The zero-order valence-electron chi connectivity index (χ0n) is 12.3. The lowest BCUT2D eigenvalue weighted by molar-refractivity contribution is -0.144. The maximum absolute atomic E-state index is 13.1. The molecule has 1 aliphatic carbocycles. The van der Waals surface area contributed by atoms with Crippen LogP contribution in [-0.2, 0) is 23.4 Å². The van der Waals surface area contributed by atoms with E-state index in [9.17, 15) is 9.18 Å². The molecular formula is C17H18FN3O. The minimum atomic E-state index is -0.440. The molecule has 0 bridgehead atoms. The second kappa shape index (κ2) is 4.93. The molecule has 0 radical (unpaired) electrons. The van der Waals surface area contributed by atoms with E-state index < -0.39 is 5.54 Å². The molecule has 2 heterocycles. The van der Waals surface area contributed by atoms with Crippen LogP contribution < -0.4 is 0 Å². The van der Waals surface area contributed by atoms with Crippen LogP contribution in [0.15, 0.2) is 36.8 Å². The maximum Gasteiger partial charge on any atom is 0.249 e. The first kappa shape index (κ1) is 13.5. The number of aromatic nitrogens is 2. The van der Waals surface area contributed by atoms with Gasteiger partial charge in [-0.3, -0.25) is 4.79 Å². The zero-order valence-corrected chi connectivity index (χ0v) is 12.3. The fourth-order valence-electron chi connectivity index (χ4n) is 3.84. The quantitative estimate of drug-likeness (QED) is 0.855. The standard InChI is InChI=1S/C17H18FN3O/c18-14-5-3-13(4-6-14)10-20-11-15-9-19-12-21(15)17(16(20)22)7-1-2-8-17/h3-6,9,12H,1-2,7-8,10-11H2. The van der Waals surface area contributed by atoms with Crippen molar-refractivity contribution in [3.05, 3.63) is 53.9 Å². The van der Waals surface area contributed by atoms with Gasteiger partial charge in [-0.25, -0.2) is 9.37 Å². The van der Waals surface area contributed by atoms with Crippen LogP contribution in [-0.4, -0.2) is 20.4 Å². The molecule has 22 heavy (non-hydrogen) atoms. The summed E-state index contributed by atoms with van der Waals surface area (Å²) in [5, 5.41) is 0. The van der Waals surface area contributed by atoms with E-state index in [0.717, 1.165) is 36.9 Å². The lowest BCUT2D eigenvalue weighted by atomic mass is 9.92. The molecule has 2 aromatic rings. The Hall–Kier alpha value is -2.17. The van der Waals surface area contributed by atoms with E-state index in [1.54, 1.807) is 18.5 Å². The van der Waals surface area contributed by atoms with Gasteiger partial charge in [0.05, 0.1) is 18.6 Å². The normalized spacial score (nSPS) is 19.7. The van der Waals surface area contributed by atoms with E-state index in [1.165, 1.54) is 12.1 Å². The molecule has 114 valence electrons. The average molecular weight is 299 g/mol. The largest absolute Gasteiger partial charge is 0.330 e. The van der Waals surface area contributed by atoms with Crippen molar-refractivity contribution in [2.24, 2.45) is 0 Å². The van der Waals surface area contributed by atoms with E-state index >= 15 is 0 Å². The molecule has 1 aromatic carbocycles. The van der Waals surface area contributed by atoms with Gasteiger partial charge in [-0.2, -0.15) is 0 Å². The van der Waals surface area contributed by atoms with Gasteiger partial charge >= 0.3 is 0 Å². The lowest BCUT2D eigenvalue weighted by Crippen LogP contribution is -2.53. The maximum atomic E-state index is 13.1. The third-order valence-electron chi connectivity index (χ3n) is 4.93. The van der Waals surface area contributed by atoms with E-state index in [2.05, 4.69) is 9.55 Å². The Balaban J connectivity index is 1.67. The fourth-order valence-corrected chi connectivity index (χ4v) is 3.84. The van der Waals surface area contributed by atoms with E-state index in [-0.39, 0.29) is 11.7 Å². The van der Waals surface area contributed by atoms with Crippen molar-refractivity contribution in [3.8, 4) is 0 Å². The first-order valence-corrected chi connectivity index (χ1v) is 7.75. The molecule has 1 amide bonds. The summed E-state index contributed by atoms with van der Waals surface area (Å²) in [6.07, 6.45) is 7.57. The number of amides is 1. The predicted molar refractivity (Wildman–Crippen MR) is 79.3 cm³/mol. The summed E-state index contributed by atoms with van der Waals surface area (Å²) in [5.41, 5.74) is 1.60. The Kier molecular flexibility index (Phi) is 3.03. The van der Waals surface area contributed by atoms with Gasteiger partial charge in [0, 0.05) is 12.7 Å². The number of halogens is 1. The van der Waals surface area contributed by atoms with Crippen LogP contribution in [0.5, 0.6) is 0 Å². The monoisotopic (exact) mass is 299 g/mol. The summed E-state index contributed by atoms with van der Waals surface area (Å²) < 4.78 is 15.1. The molecule has 4 nitrogen and oxygen atoms in total. The number of hydrogen-bond donors (Lipinski definition) is 0. The van der Waals surface area contributed by atoms with Gasteiger partial charge in [0.2, 0.25) is 5.91 Å². The summed E-state index contributed by atoms with van der Waals surface area (Å²) in [4.78, 5) is 19.2. The van der Waals surface area contributed by atoms with E-state index in [1.807, 2.05) is 11.1 Å². The highest BCUT2D eigenvalue weighted by Crippen LogP contribution is 2.42. The highest BCUT2D eigenvalue weighted by Gasteiger charge is 2.48.